The minimum atomic E-state index is -0.232. The third-order valence-corrected chi connectivity index (χ3v) is 4.95. The van der Waals surface area contributed by atoms with Crippen molar-refractivity contribution in [3.63, 3.8) is 0 Å². The average Bonchev–Trinajstić information content (AvgIpc) is 3.46. The van der Waals surface area contributed by atoms with Crippen LogP contribution in [0.1, 0.15) is 55.8 Å². The van der Waals surface area contributed by atoms with Crippen LogP contribution in [-0.2, 0) is 9.59 Å². The highest BCUT2D eigenvalue weighted by molar-refractivity contribution is 6.04. The number of hydrogen-bond acceptors (Lipinski definition) is 3. The molecule has 0 spiro atoms. The van der Waals surface area contributed by atoms with Gasteiger partial charge in [0.15, 0.2) is 0 Å². The topological polar surface area (TPSA) is 78.5 Å². The van der Waals surface area contributed by atoms with Crippen molar-refractivity contribution in [1.29, 1.82) is 0 Å². The molecule has 1 atom stereocenters. The van der Waals surface area contributed by atoms with Gasteiger partial charge in [0.2, 0.25) is 11.8 Å². The molecule has 3 amide bonds. The molecule has 1 aliphatic carbocycles. The third-order valence-electron chi connectivity index (χ3n) is 4.95. The first-order valence-electron chi connectivity index (χ1n) is 9.57. The lowest BCUT2D eigenvalue weighted by molar-refractivity contribution is -0.134. The van der Waals surface area contributed by atoms with Crippen LogP contribution in [-0.4, -0.2) is 41.8 Å². The van der Waals surface area contributed by atoms with Gasteiger partial charge in [-0.05, 0) is 44.2 Å². The monoisotopic (exact) mass is 357 g/mol. The third kappa shape index (κ3) is 4.62. The Morgan fingerprint density at radius 2 is 1.92 bits per heavy atom. The van der Waals surface area contributed by atoms with Crippen molar-refractivity contribution in [2.24, 2.45) is 5.92 Å². The van der Waals surface area contributed by atoms with E-state index in [4.69, 9.17) is 0 Å². The summed E-state index contributed by atoms with van der Waals surface area (Å²) < 4.78 is 0. The van der Waals surface area contributed by atoms with Crippen LogP contribution in [0.2, 0.25) is 0 Å². The second-order valence-electron chi connectivity index (χ2n) is 7.21. The fourth-order valence-electron chi connectivity index (χ4n) is 3.31. The number of para-hydroxylation sites is 1. The second kappa shape index (κ2) is 8.34. The number of carbonyl (C=O) groups is 3. The average molecular weight is 357 g/mol. The Kier molecular flexibility index (Phi) is 5.91. The van der Waals surface area contributed by atoms with E-state index in [1.807, 2.05) is 13.0 Å². The highest BCUT2D eigenvalue weighted by Gasteiger charge is 2.29. The normalized spacial score (nSPS) is 19.7. The van der Waals surface area contributed by atoms with Gasteiger partial charge in [0.05, 0.1) is 17.2 Å². The molecule has 1 aromatic rings. The molecule has 1 aromatic carbocycles. The maximum absolute atomic E-state index is 12.7. The summed E-state index contributed by atoms with van der Waals surface area (Å²) in [6.45, 7) is 3.17. The van der Waals surface area contributed by atoms with Gasteiger partial charge in [-0.3, -0.25) is 14.4 Å². The highest BCUT2D eigenvalue weighted by Crippen LogP contribution is 2.23. The van der Waals surface area contributed by atoms with Gasteiger partial charge in [0.25, 0.3) is 5.91 Å². The molecule has 2 fully saturated rings. The minimum Gasteiger partial charge on any atom is -0.349 e. The molecular weight excluding hydrogens is 330 g/mol. The number of rotatable bonds is 6. The zero-order valence-electron chi connectivity index (χ0n) is 15.3. The molecule has 6 nitrogen and oxygen atoms in total. The SMILES string of the molecule is CCCC(=O)N1CCCC(C(=O)Nc2ccccc2C(=O)NC2CC2)C1. The van der Waals surface area contributed by atoms with Gasteiger partial charge in [0, 0.05) is 25.6 Å². The summed E-state index contributed by atoms with van der Waals surface area (Å²) in [4.78, 5) is 39.0. The minimum absolute atomic E-state index is 0.120. The van der Waals surface area contributed by atoms with E-state index in [0.29, 0.717) is 24.2 Å². The van der Waals surface area contributed by atoms with Crippen LogP contribution >= 0.6 is 0 Å². The molecule has 2 N–H and O–H groups in total. The van der Waals surface area contributed by atoms with Gasteiger partial charge >= 0.3 is 0 Å². The molecule has 0 radical (unpaired) electrons. The largest absolute Gasteiger partial charge is 0.349 e. The fourth-order valence-corrected chi connectivity index (χ4v) is 3.31. The molecule has 6 heteroatoms. The van der Waals surface area contributed by atoms with Crippen LogP contribution in [0.3, 0.4) is 0 Å². The lowest BCUT2D eigenvalue weighted by Gasteiger charge is -2.32. The van der Waals surface area contributed by atoms with Gasteiger partial charge in [0.1, 0.15) is 0 Å². The van der Waals surface area contributed by atoms with Gasteiger partial charge < -0.3 is 15.5 Å². The molecule has 1 heterocycles. The first-order chi connectivity index (χ1) is 12.6. The quantitative estimate of drug-likeness (QED) is 0.821. The molecule has 1 saturated carbocycles. The number of likely N-dealkylation sites (tertiary alicyclic amines) is 1. The Bertz CT molecular complexity index is 685. The Morgan fingerprint density at radius 1 is 1.15 bits per heavy atom. The van der Waals surface area contributed by atoms with E-state index in [1.165, 1.54) is 0 Å². The summed E-state index contributed by atoms with van der Waals surface area (Å²) in [6.07, 6.45) is 4.97. The van der Waals surface area contributed by atoms with Crippen molar-refractivity contribution in [3.05, 3.63) is 29.8 Å². The number of anilines is 1. The van der Waals surface area contributed by atoms with Gasteiger partial charge in [-0.1, -0.05) is 19.1 Å². The van der Waals surface area contributed by atoms with Crippen LogP contribution < -0.4 is 10.6 Å². The molecule has 1 saturated heterocycles. The van der Waals surface area contributed by atoms with Crippen molar-refractivity contribution in [2.45, 2.75) is 51.5 Å². The predicted molar refractivity (Wildman–Crippen MR) is 99.8 cm³/mol. The number of piperidine rings is 1. The van der Waals surface area contributed by atoms with E-state index >= 15 is 0 Å². The Labute approximate surface area is 154 Å². The van der Waals surface area contributed by atoms with E-state index in [-0.39, 0.29) is 29.7 Å². The lowest BCUT2D eigenvalue weighted by Crippen LogP contribution is -2.43. The number of nitrogens with zero attached hydrogens (tertiary/aromatic N) is 1. The number of carbonyl (C=O) groups excluding carboxylic acids is 3. The molecule has 0 aromatic heterocycles. The standard InChI is InChI=1S/C20H27N3O3/c1-2-6-18(24)23-12-5-7-14(13-23)19(25)22-17-9-4-3-8-16(17)20(26)21-15-10-11-15/h3-4,8-9,14-15H,2,5-7,10-13H2,1H3,(H,21,26)(H,22,25). The summed E-state index contributed by atoms with van der Waals surface area (Å²) in [5.41, 5.74) is 1.02. The molecule has 26 heavy (non-hydrogen) atoms. The van der Waals surface area contributed by atoms with E-state index in [2.05, 4.69) is 10.6 Å². The molecule has 2 aliphatic rings. The van der Waals surface area contributed by atoms with E-state index in [9.17, 15) is 14.4 Å². The van der Waals surface area contributed by atoms with Crippen LogP contribution in [0.4, 0.5) is 5.69 Å². The maximum Gasteiger partial charge on any atom is 0.253 e. The van der Waals surface area contributed by atoms with Crippen molar-refractivity contribution in [3.8, 4) is 0 Å². The zero-order valence-corrected chi connectivity index (χ0v) is 15.3. The van der Waals surface area contributed by atoms with Crippen molar-refractivity contribution in [1.82, 2.24) is 10.2 Å². The Morgan fingerprint density at radius 3 is 2.65 bits per heavy atom. The van der Waals surface area contributed by atoms with Gasteiger partial charge in [-0.25, -0.2) is 0 Å². The molecule has 3 rings (SSSR count). The van der Waals surface area contributed by atoms with E-state index < -0.39 is 0 Å². The summed E-state index contributed by atoms with van der Waals surface area (Å²) in [5.74, 6) is -0.379. The van der Waals surface area contributed by atoms with Crippen LogP contribution in [0, 0.1) is 5.92 Å². The second-order valence-corrected chi connectivity index (χ2v) is 7.21. The number of hydrogen-bond donors (Lipinski definition) is 2. The molecule has 1 unspecified atom stereocenters. The number of nitrogens with one attached hydrogen (secondary N) is 2. The van der Waals surface area contributed by atoms with Crippen molar-refractivity contribution in [2.75, 3.05) is 18.4 Å². The summed E-state index contributed by atoms with van der Waals surface area (Å²) >= 11 is 0. The van der Waals surface area contributed by atoms with E-state index in [0.717, 1.165) is 38.6 Å². The molecule has 0 bridgehead atoms. The van der Waals surface area contributed by atoms with Gasteiger partial charge in [-0.15, -0.1) is 0 Å². The molecule has 1 aliphatic heterocycles. The van der Waals surface area contributed by atoms with Crippen LogP contribution in [0.5, 0.6) is 0 Å². The first-order valence-corrected chi connectivity index (χ1v) is 9.57. The molecular formula is C20H27N3O3. The van der Waals surface area contributed by atoms with E-state index in [1.54, 1.807) is 23.1 Å². The van der Waals surface area contributed by atoms with Crippen molar-refractivity contribution >= 4 is 23.4 Å². The number of amides is 3. The summed E-state index contributed by atoms with van der Waals surface area (Å²) in [5, 5.41) is 5.86. The zero-order chi connectivity index (χ0) is 18.5. The lowest BCUT2D eigenvalue weighted by atomic mass is 9.96. The summed E-state index contributed by atoms with van der Waals surface area (Å²) in [6, 6.07) is 7.35. The summed E-state index contributed by atoms with van der Waals surface area (Å²) in [7, 11) is 0. The highest BCUT2D eigenvalue weighted by atomic mass is 16.2. The van der Waals surface area contributed by atoms with Crippen LogP contribution in [0.25, 0.3) is 0 Å². The Hall–Kier alpha value is -2.37. The fraction of sp³-hybridized carbons (Fsp3) is 0.550. The van der Waals surface area contributed by atoms with Crippen LogP contribution in [0.15, 0.2) is 24.3 Å². The smallest absolute Gasteiger partial charge is 0.253 e. The Balaban J connectivity index is 1.64. The van der Waals surface area contributed by atoms with Crippen molar-refractivity contribution < 1.29 is 14.4 Å². The maximum atomic E-state index is 12.7. The number of benzene rings is 1. The first kappa shape index (κ1) is 18.4. The molecule has 140 valence electrons. The predicted octanol–water partition coefficient (Wildman–Crippen LogP) is 2.56. The van der Waals surface area contributed by atoms with Gasteiger partial charge in [-0.2, -0.15) is 0 Å².